The third kappa shape index (κ3) is 36.7. The molecule has 0 unspecified atom stereocenters. The van der Waals surface area contributed by atoms with E-state index in [0.717, 1.165) is 13.2 Å². The van der Waals surface area contributed by atoms with Crippen LogP contribution >= 0.6 is 0 Å². The van der Waals surface area contributed by atoms with E-state index in [2.05, 4.69) is 0 Å². The predicted octanol–water partition coefficient (Wildman–Crippen LogP) is 0.455. The fourth-order valence-electron chi connectivity index (χ4n) is 1.54. The summed E-state index contributed by atoms with van der Waals surface area (Å²) in [4.78, 5) is 41.0. The van der Waals surface area contributed by atoms with Crippen molar-refractivity contribution >= 4 is 23.5 Å². The molecule has 0 aromatic heterocycles. The van der Waals surface area contributed by atoms with Gasteiger partial charge in [0.1, 0.15) is 11.6 Å². The summed E-state index contributed by atoms with van der Waals surface area (Å²) < 4.78 is 10.0. The van der Waals surface area contributed by atoms with E-state index in [-0.39, 0.29) is 23.4 Å². The molecule has 8 nitrogen and oxygen atoms in total. The van der Waals surface area contributed by atoms with E-state index in [9.17, 15) is 29.4 Å². The number of hydrogen-bond acceptors (Lipinski definition) is 8. The van der Waals surface area contributed by atoms with Crippen LogP contribution in [-0.4, -0.2) is 36.7 Å². The fourth-order valence-corrected chi connectivity index (χ4v) is 2.32. The van der Waals surface area contributed by atoms with Gasteiger partial charge < -0.3 is 19.8 Å². The van der Waals surface area contributed by atoms with Crippen molar-refractivity contribution in [2.45, 2.75) is 67.2 Å². The average Bonchev–Trinajstić information content (AvgIpc) is 2.45. The van der Waals surface area contributed by atoms with E-state index in [1.807, 2.05) is 41.5 Å². The van der Waals surface area contributed by atoms with Crippen LogP contribution in [0.1, 0.15) is 67.2 Å². The first-order valence-corrected chi connectivity index (χ1v) is 10.9. The summed E-state index contributed by atoms with van der Waals surface area (Å²) in [6.07, 6.45) is -0.238. The molecular weight excluding hydrogens is 435 g/mol. The quantitative estimate of drug-likeness (QED) is 0.298. The normalized spacial score (nSPS) is 9.48. The zero-order chi connectivity index (χ0) is 21.8. The third-order valence-corrected chi connectivity index (χ3v) is 4.36. The number of Topliss-reactive ketones (excluding diaryl/α,β-unsaturated/α-hetero) is 2. The van der Waals surface area contributed by atoms with E-state index in [1.165, 1.54) is 0 Å². The second-order valence-electron chi connectivity index (χ2n) is 6.32. The minimum absolute atomic E-state index is 0.229. The van der Waals surface area contributed by atoms with Gasteiger partial charge >= 0.3 is 56.8 Å². The van der Waals surface area contributed by atoms with Gasteiger partial charge in [0, 0.05) is 37.6 Å². The van der Waals surface area contributed by atoms with Gasteiger partial charge in [-0.15, -0.1) is 0 Å². The van der Waals surface area contributed by atoms with Gasteiger partial charge in [0.25, 0.3) is 0 Å². The molecule has 0 aliphatic heterocycles. The summed E-state index contributed by atoms with van der Waals surface area (Å²) in [6, 6.07) is 0. The first-order chi connectivity index (χ1) is 12.5. The molecule has 0 amide bonds. The zero-order valence-corrected chi connectivity index (χ0v) is 19.6. The maximum atomic E-state index is 10.6. The topological polar surface area (TPSA) is 133 Å². The van der Waals surface area contributed by atoms with Gasteiger partial charge in [0.2, 0.25) is 0 Å². The minimum atomic E-state index is -1.29. The molecule has 0 fully saturated rings. The van der Waals surface area contributed by atoms with E-state index in [4.69, 9.17) is 5.63 Å². The van der Waals surface area contributed by atoms with Crippen LogP contribution in [0.15, 0.2) is 0 Å². The fraction of sp³-hybridized carbons (Fsp3) is 0.778. The van der Waals surface area contributed by atoms with Crippen molar-refractivity contribution in [3.8, 4) is 0 Å². The van der Waals surface area contributed by atoms with Gasteiger partial charge in [-0.05, 0) is 11.8 Å². The Kier molecular flexibility index (Phi) is 24.4. The van der Waals surface area contributed by atoms with Gasteiger partial charge in [-0.2, -0.15) is 0 Å². The average molecular weight is 468 g/mol. The molecule has 9 heteroatoms. The van der Waals surface area contributed by atoms with Crippen LogP contribution in [0.25, 0.3) is 0 Å². The van der Waals surface area contributed by atoms with E-state index in [0.29, 0.717) is 12.8 Å². The molecule has 0 saturated heterocycles. The number of carboxylic acids is 2. The van der Waals surface area contributed by atoms with Crippen molar-refractivity contribution in [1.29, 1.82) is 0 Å². The molecule has 0 spiro atoms. The molecule has 156 valence electrons. The summed E-state index contributed by atoms with van der Waals surface area (Å²) in [5.74, 6) is -2.62. The molecule has 0 aliphatic rings. The van der Waals surface area contributed by atoms with Gasteiger partial charge in [-0.25, -0.2) is 0 Å². The number of rotatable bonds is 12. The summed E-state index contributed by atoms with van der Waals surface area (Å²) in [5, 5.41) is 19.7. The first-order valence-electron chi connectivity index (χ1n) is 8.87. The van der Waals surface area contributed by atoms with E-state index >= 15 is 0 Å². The van der Waals surface area contributed by atoms with Gasteiger partial charge in [0.05, 0.1) is 0 Å². The molecule has 0 N–H and O–H groups in total. The maximum absolute atomic E-state index is 10.6. The number of hydrogen-bond donors (Lipinski definition) is 0. The Morgan fingerprint density at radius 3 is 1.22 bits per heavy atom. The number of carbonyl (C=O) groups excluding carboxylic acids is 4. The van der Waals surface area contributed by atoms with E-state index < -0.39 is 48.9 Å². The Hall–Kier alpha value is -0.917. The molecule has 0 rings (SSSR count). The summed E-state index contributed by atoms with van der Waals surface area (Å²) in [7, 11) is 0. The van der Waals surface area contributed by atoms with Crippen LogP contribution in [0.2, 0.25) is 0 Å². The summed E-state index contributed by atoms with van der Waals surface area (Å²) >= 11 is -0.819. The monoisotopic (exact) mass is 466 g/mol. The molecule has 27 heavy (non-hydrogen) atoms. The molecule has 0 heterocycles. The number of carbonyl (C=O) groups is 4. The number of ketones is 2. The Morgan fingerprint density at radius 2 is 1.04 bits per heavy atom. The van der Waals surface area contributed by atoms with Crippen LogP contribution in [0.3, 0.4) is 0 Å². The van der Waals surface area contributed by atoms with Crippen molar-refractivity contribution in [2.24, 2.45) is 11.8 Å². The van der Waals surface area contributed by atoms with Crippen molar-refractivity contribution in [3.63, 3.8) is 0 Å². The molecule has 0 radical (unpaired) electrons. The standard InChI is InChI=1S/2C7H12O3.2C2H5O.Zr/c2*1-5(2)3-6(8)4-7(9)10;2*1-2-3;/h2*5H,3-4H2,1-2H3,(H,9,10);2*2H2,1H3;/q;;2*-1;+4/p-2. The number of carboxylic acid groups (broad SMARTS) is 2. The first kappa shape index (κ1) is 30.8. The van der Waals surface area contributed by atoms with Crippen LogP contribution in [0, 0.1) is 11.8 Å². The Bertz CT molecular complexity index is 384. The van der Waals surface area contributed by atoms with Crippen molar-refractivity contribution in [3.05, 3.63) is 0 Å². The summed E-state index contributed by atoms with van der Waals surface area (Å²) in [5.41, 5.74) is 0. The predicted molar refractivity (Wildman–Crippen MR) is 91.4 cm³/mol. The van der Waals surface area contributed by atoms with Crippen LogP contribution in [-0.2, 0) is 48.9 Å². The van der Waals surface area contributed by atoms with Crippen molar-refractivity contribution in [2.75, 3.05) is 13.2 Å². The molecule has 0 aromatic carbocycles. The molecule has 0 atom stereocenters. The van der Waals surface area contributed by atoms with Crippen LogP contribution < -0.4 is 10.2 Å². The number of aliphatic carboxylic acids is 2. The third-order valence-electron chi connectivity index (χ3n) is 2.36. The molecular formula is C18H32O8Zr. The van der Waals surface area contributed by atoms with Crippen molar-refractivity contribution < 1.29 is 59.1 Å². The Labute approximate surface area is 174 Å². The SMILES string of the molecule is CC(C)CC(=O)CC(=O)[O-].CC(C)CC(=O)CC(=O)[O-].CC[O][Zr+2][O]CC. The second-order valence-corrected chi connectivity index (χ2v) is 8.15. The van der Waals surface area contributed by atoms with Crippen molar-refractivity contribution in [1.82, 2.24) is 0 Å². The Balaban J connectivity index is -0.000000326. The summed E-state index contributed by atoms with van der Waals surface area (Å²) in [6.45, 7) is 13.1. The second kappa shape index (κ2) is 21.4. The van der Waals surface area contributed by atoms with Crippen LogP contribution in [0.5, 0.6) is 0 Å². The van der Waals surface area contributed by atoms with Gasteiger partial charge in [-0.3, -0.25) is 9.59 Å². The molecule has 0 bridgehead atoms. The Morgan fingerprint density at radius 1 is 0.741 bits per heavy atom. The molecule has 0 saturated carbocycles. The van der Waals surface area contributed by atoms with Crippen LogP contribution in [0.4, 0.5) is 0 Å². The van der Waals surface area contributed by atoms with Gasteiger partial charge in [-0.1, -0.05) is 27.7 Å². The molecule has 0 aliphatic carbocycles. The van der Waals surface area contributed by atoms with Gasteiger partial charge in [0.15, 0.2) is 0 Å². The molecule has 0 aromatic rings. The zero-order valence-electron chi connectivity index (χ0n) is 17.2. The van der Waals surface area contributed by atoms with E-state index in [1.54, 1.807) is 0 Å².